The third-order valence-corrected chi connectivity index (χ3v) is 3.78. The van der Waals surface area contributed by atoms with E-state index in [-0.39, 0.29) is 25.8 Å². The van der Waals surface area contributed by atoms with Crippen LogP contribution in [0.25, 0.3) is 0 Å². The van der Waals surface area contributed by atoms with Crippen LogP contribution in [-0.4, -0.2) is 57.0 Å². The van der Waals surface area contributed by atoms with E-state index in [1.807, 2.05) is 54.6 Å². The molecule has 0 saturated heterocycles. The van der Waals surface area contributed by atoms with E-state index >= 15 is 0 Å². The van der Waals surface area contributed by atoms with Gasteiger partial charge in [0.1, 0.15) is 0 Å². The molecule has 4 heteroatoms. The largest absolute Gasteiger partial charge is 3.00 e. The van der Waals surface area contributed by atoms with Gasteiger partial charge in [0.05, 0.1) is 0 Å². The van der Waals surface area contributed by atoms with E-state index in [0.717, 1.165) is 19.6 Å². The first-order valence-electron chi connectivity index (χ1n) is 10.2. The van der Waals surface area contributed by atoms with E-state index in [0.29, 0.717) is 0 Å². The molecule has 0 radical (unpaired) electrons. The molecule has 0 bridgehead atoms. The minimum absolute atomic E-state index is 0. The first kappa shape index (κ1) is 29.4. The van der Waals surface area contributed by atoms with Crippen LogP contribution in [0.1, 0.15) is 16.7 Å². The maximum Gasteiger partial charge on any atom is 3.00 e. The molecule has 0 aliphatic heterocycles. The maximum absolute atomic E-state index is 3.16. The van der Waals surface area contributed by atoms with Crippen LogP contribution < -0.4 is 0 Å². The molecule has 3 aromatic rings. The predicted octanol–water partition coefficient (Wildman–Crippen LogP) is 4.64. The van der Waals surface area contributed by atoms with Crippen molar-refractivity contribution < 1.29 is 25.8 Å². The summed E-state index contributed by atoms with van der Waals surface area (Å²) in [6, 6.07) is 33.6. The number of benzene rings is 3. The molecule has 0 aliphatic rings. The quantitative estimate of drug-likeness (QED) is 0.510. The van der Waals surface area contributed by atoms with Crippen LogP contribution >= 0.6 is 0 Å². The predicted molar refractivity (Wildman–Crippen MR) is 128 cm³/mol. The van der Waals surface area contributed by atoms with E-state index < -0.39 is 0 Å². The summed E-state index contributed by atoms with van der Waals surface area (Å²) < 4.78 is 0. The van der Waals surface area contributed by atoms with Crippen LogP contribution in [0.15, 0.2) is 72.8 Å². The molecular formula is C27H36N3Sc. The molecule has 0 saturated carbocycles. The fraction of sp³-hybridized carbons (Fsp3) is 0.333. The van der Waals surface area contributed by atoms with E-state index in [1.165, 1.54) is 16.7 Å². The summed E-state index contributed by atoms with van der Waals surface area (Å²) in [5.41, 5.74) is 3.73. The van der Waals surface area contributed by atoms with Crippen molar-refractivity contribution in [2.24, 2.45) is 0 Å². The van der Waals surface area contributed by atoms with Crippen molar-refractivity contribution in [3.05, 3.63) is 108 Å². The average Bonchev–Trinajstić information content (AvgIpc) is 2.70. The Morgan fingerprint density at radius 3 is 0.903 bits per heavy atom. The number of hydrogen-bond acceptors (Lipinski definition) is 3. The fourth-order valence-corrected chi connectivity index (χ4v) is 2.61. The summed E-state index contributed by atoms with van der Waals surface area (Å²) >= 11 is 0. The van der Waals surface area contributed by atoms with Crippen molar-refractivity contribution in [1.29, 1.82) is 0 Å². The van der Waals surface area contributed by atoms with Crippen molar-refractivity contribution in [3.63, 3.8) is 0 Å². The van der Waals surface area contributed by atoms with Crippen LogP contribution in [0.5, 0.6) is 0 Å². The topological polar surface area (TPSA) is 9.72 Å². The van der Waals surface area contributed by atoms with Gasteiger partial charge in [0.15, 0.2) is 0 Å². The van der Waals surface area contributed by atoms with Crippen LogP contribution in [0.4, 0.5) is 0 Å². The number of nitrogens with zero attached hydrogens (tertiary/aromatic N) is 3. The second kappa shape index (κ2) is 18.0. The third kappa shape index (κ3) is 16.7. The number of rotatable bonds is 6. The Morgan fingerprint density at radius 1 is 0.484 bits per heavy atom. The summed E-state index contributed by atoms with van der Waals surface area (Å²) in [6.07, 6.45) is 0. The van der Waals surface area contributed by atoms with Crippen LogP contribution in [-0.2, 0) is 45.5 Å². The summed E-state index contributed by atoms with van der Waals surface area (Å²) in [5, 5.41) is 0. The molecule has 0 unspecified atom stereocenters. The van der Waals surface area contributed by atoms with Crippen molar-refractivity contribution in [2.45, 2.75) is 19.6 Å². The molecule has 0 amide bonds. The van der Waals surface area contributed by atoms with E-state index in [4.69, 9.17) is 0 Å². The van der Waals surface area contributed by atoms with Gasteiger partial charge in [-0.25, -0.2) is 0 Å². The smallest absolute Gasteiger partial charge is 0.307 e. The molecule has 0 aromatic heterocycles. The van der Waals surface area contributed by atoms with Gasteiger partial charge < -0.3 is 14.7 Å². The second-order valence-electron chi connectivity index (χ2n) is 7.88. The van der Waals surface area contributed by atoms with E-state index in [2.05, 4.69) is 93.4 Å². The van der Waals surface area contributed by atoms with Crippen molar-refractivity contribution >= 4 is 0 Å². The fourth-order valence-electron chi connectivity index (χ4n) is 2.61. The van der Waals surface area contributed by atoms with E-state index in [9.17, 15) is 0 Å². The Labute approximate surface area is 209 Å². The zero-order valence-corrected chi connectivity index (χ0v) is 21.8. The van der Waals surface area contributed by atoms with E-state index in [1.54, 1.807) is 0 Å². The monoisotopic (exact) mass is 447 g/mol. The molecule has 0 N–H and O–H groups in total. The standard InChI is InChI=1S/3C9H12N.Sc/c3*1-10(2)8-9-6-4-3-5-7-9;/h3*3-6H,8H2,1-2H3;/q3*-1;+3. The van der Waals surface area contributed by atoms with Gasteiger partial charge in [-0.05, 0) is 42.3 Å². The SMILES string of the molecule is CN(C)Cc1[c-]cccc1.CN(C)Cc1[c-]cccc1.CN(C)Cc1[c-]cccc1.[Sc+3]. The first-order valence-corrected chi connectivity index (χ1v) is 10.2. The van der Waals surface area contributed by atoms with Gasteiger partial charge in [-0.2, -0.15) is 91.0 Å². The van der Waals surface area contributed by atoms with Gasteiger partial charge >= 0.3 is 25.8 Å². The van der Waals surface area contributed by atoms with Gasteiger partial charge in [-0.15, -0.1) is 16.7 Å². The molecule has 162 valence electrons. The minimum atomic E-state index is 0. The molecule has 0 aliphatic carbocycles. The Bertz CT molecular complexity index is 652. The van der Waals surface area contributed by atoms with Crippen LogP contribution in [0, 0.1) is 18.2 Å². The van der Waals surface area contributed by atoms with Crippen LogP contribution in [0.3, 0.4) is 0 Å². The van der Waals surface area contributed by atoms with Gasteiger partial charge in [0, 0.05) is 19.6 Å². The molecular weight excluding hydrogens is 411 g/mol. The minimum Gasteiger partial charge on any atom is -0.307 e. The molecule has 0 heterocycles. The molecule has 3 rings (SSSR count). The summed E-state index contributed by atoms with van der Waals surface area (Å²) in [4.78, 5) is 6.39. The zero-order valence-electron chi connectivity index (χ0n) is 20.0. The molecule has 31 heavy (non-hydrogen) atoms. The van der Waals surface area contributed by atoms with Gasteiger partial charge in [0.2, 0.25) is 0 Å². The Balaban J connectivity index is 0.000000429. The normalized spacial score (nSPS) is 9.97. The Morgan fingerprint density at radius 2 is 0.742 bits per heavy atom. The second-order valence-corrected chi connectivity index (χ2v) is 7.88. The molecule has 0 spiro atoms. The van der Waals surface area contributed by atoms with Gasteiger partial charge in [-0.3, -0.25) is 0 Å². The maximum atomic E-state index is 3.16. The Hall–Kier alpha value is -1.59. The Kier molecular flexibility index (Phi) is 17.1. The first-order chi connectivity index (χ1) is 14.4. The van der Waals surface area contributed by atoms with Crippen molar-refractivity contribution in [1.82, 2.24) is 14.7 Å². The third-order valence-electron chi connectivity index (χ3n) is 3.78. The summed E-state index contributed by atoms with van der Waals surface area (Å²) in [6.45, 7) is 2.92. The number of hydrogen-bond donors (Lipinski definition) is 0. The zero-order chi connectivity index (χ0) is 22.2. The summed E-state index contributed by atoms with van der Waals surface area (Å²) in [7, 11) is 12.3. The molecule has 3 aromatic carbocycles. The van der Waals surface area contributed by atoms with Gasteiger partial charge in [0.25, 0.3) is 0 Å². The van der Waals surface area contributed by atoms with Crippen molar-refractivity contribution in [3.8, 4) is 0 Å². The average molecular weight is 448 g/mol. The molecule has 0 atom stereocenters. The van der Waals surface area contributed by atoms with Crippen molar-refractivity contribution in [2.75, 3.05) is 42.3 Å². The molecule has 3 nitrogen and oxygen atoms in total. The van der Waals surface area contributed by atoms with Crippen LogP contribution in [0.2, 0.25) is 0 Å². The summed E-state index contributed by atoms with van der Waals surface area (Å²) in [5.74, 6) is 0. The molecule has 0 fully saturated rings. The van der Waals surface area contributed by atoms with Gasteiger partial charge in [-0.1, -0.05) is 0 Å².